The number of benzene rings is 2. The van der Waals surface area contributed by atoms with Crippen LogP contribution in [0.4, 0.5) is 4.39 Å². The Morgan fingerprint density at radius 1 is 1.00 bits per heavy atom. The van der Waals surface area contributed by atoms with Crippen molar-refractivity contribution >= 4 is 10.0 Å². The van der Waals surface area contributed by atoms with E-state index in [9.17, 15) is 12.8 Å². The molecule has 0 amide bonds. The fraction of sp³-hybridized carbons (Fsp3) is 0.368. The number of hydrogen-bond donors (Lipinski definition) is 0. The van der Waals surface area contributed by atoms with Gasteiger partial charge in [-0.25, -0.2) is 12.8 Å². The van der Waals surface area contributed by atoms with E-state index in [1.807, 2.05) is 13.0 Å². The van der Waals surface area contributed by atoms with Crippen LogP contribution in [0, 0.1) is 12.7 Å². The minimum absolute atomic E-state index is 0.223. The fourth-order valence-electron chi connectivity index (χ4n) is 3.06. The Balaban J connectivity index is 1.55. The van der Waals surface area contributed by atoms with Crippen LogP contribution in [0.5, 0.6) is 0 Å². The molecular weight excluding hydrogens is 339 g/mol. The lowest BCUT2D eigenvalue weighted by molar-refractivity contribution is 0.190. The Hall–Kier alpha value is -1.76. The smallest absolute Gasteiger partial charge is 0.243 e. The predicted octanol–water partition coefficient (Wildman–Crippen LogP) is 2.68. The molecule has 0 spiro atoms. The van der Waals surface area contributed by atoms with E-state index in [2.05, 4.69) is 4.90 Å². The second-order valence-corrected chi connectivity index (χ2v) is 8.38. The summed E-state index contributed by atoms with van der Waals surface area (Å²) in [4.78, 5) is 2.62. The van der Waals surface area contributed by atoms with Crippen molar-refractivity contribution in [2.24, 2.45) is 0 Å². The van der Waals surface area contributed by atoms with Crippen LogP contribution in [0.2, 0.25) is 0 Å². The van der Waals surface area contributed by atoms with Gasteiger partial charge in [0.25, 0.3) is 0 Å². The Labute approximate surface area is 148 Å². The van der Waals surface area contributed by atoms with Gasteiger partial charge in [-0.15, -0.1) is 0 Å². The van der Waals surface area contributed by atoms with Crippen molar-refractivity contribution in [1.29, 1.82) is 0 Å². The summed E-state index contributed by atoms with van der Waals surface area (Å²) in [5.74, 6) is -0.223. The van der Waals surface area contributed by atoms with E-state index < -0.39 is 10.0 Å². The van der Waals surface area contributed by atoms with Crippen molar-refractivity contribution in [3.63, 3.8) is 0 Å². The quantitative estimate of drug-likeness (QED) is 0.821. The normalized spacial score (nSPS) is 16.9. The van der Waals surface area contributed by atoms with Gasteiger partial charge >= 0.3 is 0 Å². The van der Waals surface area contributed by atoms with Crippen LogP contribution in [-0.2, 0) is 16.4 Å². The zero-order valence-corrected chi connectivity index (χ0v) is 15.2. The molecule has 134 valence electrons. The molecule has 1 aliphatic rings. The summed E-state index contributed by atoms with van der Waals surface area (Å²) < 4.78 is 40.0. The largest absolute Gasteiger partial charge is 0.300 e. The molecule has 6 heteroatoms. The average molecular weight is 362 g/mol. The van der Waals surface area contributed by atoms with Gasteiger partial charge < -0.3 is 4.90 Å². The highest BCUT2D eigenvalue weighted by Crippen LogP contribution is 2.18. The molecule has 0 radical (unpaired) electrons. The molecule has 1 fully saturated rings. The van der Waals surface area contributed by atoms with E-state index in [1.54, 1.807) is 34.6 Å². The van der Waals surface area contributed by atoms with Crippen molar-refractivity contribution < 1.29 is 12.8 Å². The van der Waals surface area contributed by atoms with Crippen LogP contribution in [0.1, 0.15) is 11.1 Å². The molecule has 0 aromatic heterocycles. The van der Waals surface area contributed by atoms with E-state index >= 15 is 0 Å². The monoisotopic (exact) mass is 362 g/mol. The molecule has 0 atom stereocenters. The molecule has 0 unspecified atom stereocenters. The van der Waals surface area contributed by atoms with Gasteiger partial charge in [0.2, 0.25) is 10.0 Å². The zero-order valence-electron chi connectivity index (χ0n) is 14.4. The third-order valence-electron chi connectivity index (χ3n) is 4.59. The molecule has 0 N–H and O–H groups in total. The highest BCUT2D eigenvalue weighted by molar-refractivity contribution is 7.89. The second kappa shape index (κ2) is 7.64. The summed E-state index contributed by atoms with van der Waals surface area (Å²) in [5.41, 5.74) is 2.04. The van der Waals surface area contributed by atoms with Gasteiger partial charge in [0.15, 0.2) is 0 Å². The van der Waals surface area contributed by atoms with Crippen LogP contribution in [0.15, 0.2) is 53.4 Å². The van der Waals surface area contributed by atoms with E-state index in [1.165, 1.54) is 12.1 Å². The number of sulfonamides is 1. The average Bonchev–Trinajstić information content (AvgIpc) is 2.62. The number of rotatable bonds is 5. The number of piperazine rings is 1. The Morgan fingerprint density at radius 3 is 2.32 bits per heavy atom. The zero-order chi connectivity index (χ0) is 17.9. The Morgan fingerprint density at radius 2 is 1.68 bits per heavy atom. The minimum Gasteiger partial charge on any atom is -0.300 e. The number of nitrogens with zero attached hydrogens (tertiary/aromatic N) is 2. The lowest BCUT2D eigenvalue weighted by Gasteiger charge is -2.34. The molecule has 0 aliphatic carbocycles. The molecule has 1 saturated heterocycles. The molecule has 25 heavy (non-hydrogen) atoms. The van der Waals surface area contributed by atoms with Crippen LogP contribution in [-0.4, -0.2) is 50.3 Å². The number of halogens is 1. The Bertz CT molecular complexity index is 814. The second-order valence-electron chi connectivity index (χ2n) is 6.44. The predicted molar refractivity (Wildman–Crippen MR) is 96.5 cm³/mol. The van der Waals surface area contributed by atoms with E-state index in [0.717, 1.165) is 24.1 Å². The number of hydrogen-bond acceptors (Lipinski definition) is 3. The first kappa shape index (κ1) is 18.0. The van der Waals surface area contributed by atoms with Gasteiger partial charge in [0, 0.05) is 32.7 Å². The summed E-state index contributed by atoms with van der Waals surface area (Å²) in [5, 5.41) is 0. The standard InChI is InChI=1S/C19H23FN2O2S/c1-16-3-2-4-19(15-16)25(23,24)22-13-11-21(12-14-22)10-9-17-5-7-18(20)8-6-17/h2-8,15H,9-14H2,1H3. The van der Waals surface area contributed by atoms with Gasteiger partial charge in [-0.2, -0.15) is 4.31 Å². The first-order valence-electron chi connectivity index (χ1n) is 8.49. The summed E-state index contributed by atoms with van der Waals surface area (Å²) in [7, 11) is -3.41. The molecule has 0 bridgehead atoms. The number of aryl methyl sites for hydroxylation is 1. The minimum atomic E-state index is -3.41. The highest BCUT2D eigenvalue weighted by atomic mass is 32.2. The van der Waals surface area contributed by atoms with E-state index in [4.69, 9.17) is 0 Å². The lowest BCUT2D eigenvalue weighted by Crippen LogP contribution is -2.49. The molecule has 0 saturated carbocycles. The van der Waals surface area contributed by atoms with Crippen molar-refractivity contribution in [1.82, 2.24) is 9.21 Å². The molecule has 4 nitrogen and oxygen atoms in total. The molecule has 3 rings (SSSR count). The maximum atomic E-state index is 12.9. The van der Waals surface area contributed by atoms with E-state index in [0.29, 0.717) is 31.1 Å². The van der Waals surface area contributed by atoms with Gasteiger partial charge in [-0.1, -0.05) is 24.3 Å². The van der Waals surface area contributed by atoms with Crippen molar-refractivity contribution in [2.75, 3.05) is 32.7 Å². The van der Waals surface area contributed by atoms with E-state index in [-0.39, 0.29) is 5.82 Å². The van der Waals surface area contributed by atoms with Gasteiger partial charge in [0.05, 0.1) is 4.90 Å². The molecular formula is C19H23FN2O2S. The molecule has 2 aromatic rings. The lowest BCUT2D eigenvalue weighted by atomic mass is 10.1. The van der Waals surface area contributed by atoms with Crippen LogP contribution < -0.4 is 0 Å². The van der Waals surface area contributed by atoms with Gasteiger partial charge in [0.1, 0.15) is 5.82 Å². The van der Waals surface area contributed by atoms with Crippen molar-refractivity contribution in [3.05, 3.63) is 65.5 Å². The summed E-state index contributed by atoms with van der Waals surface area (Å²) in [6.07, 6.45) is 0.838. The first-order chi connectivity index (χ1) is 11.9. The van der Waals surface area contributed by atoms with Crippen molar-refractivity contribution in [2.45, 2.75) is 18.2 Å². The SMILES string of the molecule is Cc1cccc(S(=O)(=O)N2CCN(CCc3ccc(F)cc3)CC2)c1. The van der Waals surface area contributed by atoms with Gasteiger partial charge in [-0.3, -0.25) is 0 Å². The molecule has 2 aromatic carbocycles. The van der Waals surface area contributed by atoms with Crippen molar-refractivity contribution in [3.8, 4) is 0 Å². The Kier molecular flexibility index (Phi) is 5.51. The van der Waals surface area contributed by atoms with Crippen LogP contribution in [0.3, 0.4) is 0 Å². The summed E-state index contributed by atoms with van der Waals surface area (Å²) >= 11 is 0. The fourth-order valence-corrected chi connectivity index (χ4v) is 4.58. The maximum absolute atomic E-state index is 12.9. The topological polar surface area (TPSA) is 40.6 Å². The summed E-state index contributed by atoms with van der Waals surface area (Å²) in [6.45, 7) is 5.17. The van der Waals surface area contributed by atoms with Crippen LogP contribution in [0.25, 0.3) is 0 Å². The third kappa shape index (κ3) is 4.45. The van der Waals surface area contributed by atoms with Gasteiger partial charge in [-0.05, 0) is 48.7 Å². The molecule has 1 heterocycles. The highest BCUT2D eigenvalue weighted by Gasteiger charge is 2.28. The first-order valence-corrected chi connectivity index (χ1v) is 9.93. The maximum Gasteiger partial charge on any atom is 0.243 e. The molecule has 1 aliphatic heterocycles. The van der Waals surface area contributed by atoms with Crippen LogP contribution >= 0.6 is 0 Å². The third-order valence-corrected chi connectivity index (χ3v) is 6.48. The summed E-state index contributed by atoms with van der Waals surface area (Å²) in [6, 6.07) is 13.6.